The lowest BCUT2D eigenvalue weighted by Crippen LogP contribution is -2.27. The molecule has 7 nitrogen and oxygen atoms in total. The van der Waals surface area contributed by atoms with Gasteiger partial charge in [-0.3, -0.25) is 10.1 Å². The second-order valence-corrected chi connectivity index (χ2v) is 3.24. The second-order valence-electron chi connectivity index (χ2n) is 3.24. The highest BCUT2D eigenvalue weighted by molar-refractivity contribution is 5.55. The number of aliphatic hydroxyl groups excluding tert-OH is 1. The number of pyridine rings is 1. The van der Waals surface area contributed by atoms with E-state index in [1.165, 1.54) is 0 Å². The summed E-state index contributed by atoms with van der Waals surface area (Å²) in [6.45, 7) is -0.517. The zero-order chi connectivity index (χ0) is 13.7. The Morgan fingerprint density at radius 2 is 2.33 bits per heavy atom. The Balaban J connectivity index is 2.84. The quantitative estimate of drug-likeness (QED) is 0.599. The molecule has 1 unspecified atom stereocenters. The van der Waals surface area contributed by atoms with E-state index >= 15 is 0 Å². The molecule has 96 valence electrons. The van der Waals surface area contributed by atoms with E-state index in [2.05, 4.69) is 10.3 Å². The molecule has 9 heteroatoms. The standard InChI is InChI=1S/C9H8F2N4O3/c10-8(11)7(16)4-14-9-5(2-12)1-6(3-13-9)15(17)18/h1,3,7-8,16H,4H2,(H,13,14). The van der Waals surface area contributed by atoms with Crippen molar-refractivity contribution >= 4 is 11.5 Å². The second kappa shape index (κ2) is 5.83. The molecule has 1 atom stereocenters. The van der Waals surface area contributed by atoms with Crippen LogP contribution in [0.25, 0.3) is 0 Å². The number of aromatic nitrogens is 1. The Morgan fingerprint density at radius 3 is 2.83 bits per heavy atom. The molecule has 18 heavy (non-hydrogen) atoms. The van der Waals surface area contributed by atoms with Crippen molar-refractivity contribution in [3.8, 4) is 6.07 Å². The van der Waals surface area contributed by atoms with Gasteiger partial charge < -0.3 is 10.4 Å². The van der Waals surface area contributed by atoms with Crippen molar-refractivity contribution in [2.24, 2.45) is 0 Å². The first kappa shape index (κ1) is 13.7. The molecule has 0 saturated heterocycles. The predicted molar refractivity (Wildman–Crippen MR) is 56.1 cm³/mol. The first-order valence-corrected chi connectivity index (χ1v) is 4.70. The first-order valence-electron chi connectivity index (χ1n) is 4.70. The number of rotatable bonds is 5. The van der Waals surface area contributed by atoms with Gasteiger partial charge in [0, 0.05) is 12.6 Å². The molecule has 0 radical (unpaired) electrons. The van der Waals surface area contributed by atoms with E-state index in [0.717, 1.165) is 12.3 Å². The molecule has 0 aliphatic heterocycles. The summed E-state index contributed by atoms with van der Waals surface area (Å²) >= 11 is 0. The van der Waals surface area contributed by atoms with Crippen molar-refractivity contribution in [2.75, 3.05) is 11.9 Å². The first-order chi connectivity index (χ1) is 8.45. The molecule has 0 aliphatic carbocycles. The van der Waals surface area contributed by atoms with Crippen LogP contribution in [0.2, 0.25) is 0 Å². The van der Waals surface area contributed by atoms with Crippen LogP contribution in [0.1, 0.15) is 5.56 Å². The van der Waals surface area contributed by atoms with Crippen LogP contribution in [-0.4, -0.2) is 34.1 Å². The topological polar surface area (TPSA) is 112 Å². The van der Waals surface area contributed by atoms with Crippen molar-refractivity contribution in [2.45, 2.75) is 12.5 Å². The fraction of sp³-hybridized carbons (Fsp3) is 0.333. The minimum atomic E-state index is -2.93. The molecule has 1 aromatic heterocycles. The van der Waals surface area contributed by atoms with E-state index in [1.54, 1.807) is 6.07 Å². The minimum absolute atomic E-state index is 0.0946. The summed E-state index contributed by atoms with van der Waals surface area (Å²) in [5.74, 6) is -0.0946. The monoisotopic (exact) mass is 258 g/mol. The van der Waals surface area contributed by atoms with Crippen LogP contribution in [0.15, 0.2) is 12.3 Å². The summed E-state index contributed by atoms with van der Waals surface area (Å²) in [5.41, 5.74) is -0.544. The highest BCUT2D eigenvalue weighted by Gasteiger charge is 2.18. The van der Waals surface area contributed by atoms with Crippen molar-refractivity contribution < 1.29 is 18.8 Å². The number of nitriles is 1. The fourth-order valence-corrected chi connectivity index (χ4v) is 1.07. The van der Waals surface area contributed by atoms with Crippen LogP contribution in [0.5, 0.6) is 0 Å². The minimum Gasteiger partial charge on any atom is -0.385 e. The number of nitro groups is 1. The van der Waals surface area contributed by atoms with Gasteiger partial charge in [0.1, 0.15) is 29.8 Å². The number of alkyl halides is 2. The lowest BCUT2D eigenvalue weighted by atomic mass is 10.2. The molecule has 1 aromatic rings. The average Bonchev–Trinajstić information content (AvgIpc) is 2.35. The third kappa shape index (κ3) is 3.33. The molecular formula is C9H8F2N4O3. The molecule has 0 aromatic carbocycles. The van der Waals surface area contributed by atoms with Gasteiger partial charge in [-0.15, -0.1) is 0 Å². The summed E-state index contributed by atoms with van der Waals surface area (Å²) in [6.07, 6.45) is -3.95. The smallest absolute Gasteiger partial charge is 0.289 e. The van der Waals surface area contributed by atoms with E-state index in [-0.39, 0.29) is 17.1 Å². The van der Waals surface area contributed by atoms with Gasteiger partial charge in [0.2, 0.25) is 0 Å². The van der Waals surface area contributed by atoms with Crippen LogP contribution >= 0.6 is 0 Å². The lowest BCUT2D eigenvalue weighted by Gasteiger charge is -2.11. The summed E-state index contributed by atoms with van der Waals surface area (Å²) < 4.78 is 24.0. The van der Waals surface area contributed by atoms with Crippen LogP contribution in [-0.2, 0) is 0 Å². The maximum absolute atomic E-state index is 12.0. The van der Waals surface area contributed by atoms with Crippen molar-refractivity contribution in [1.82, 2.24) is 4.98 Å². The molecular weight excluding hydrogens is 250 g/mol. The number of nitrogens with one attached hydrogen (secondary N) is 1. The van der Waals surface area contributed by atoms with Gasteiger partial charge in [0.05, 0.1) is 4.92 Å². The van der Waals surface area contributed by atoms with Crippen molar-refractivity contribution in [3.05, 3.63) is 27.9 Å². The zero-order valence-corrected chi connectivity index (χ0v) is 8.88. The van der Waals surface area contributed by atoms with Crippen LogP contribution in [0.4, 0.5) is 20.3 Å². The van der Waals surface area contributed by atoms with Gasteiger partial charge in [0.25, 0.3) is 12.1 Å². The fourth-order valence-electron chi connectivity index (χ4n) is 1.07. The van der Waals surface area contributed by atoms with E-state index in [9.17, 15) is 18.9 Å². The van der Waals surface area contributed by atoms with E-state index in [1.807, 2.05) is 0 Å². The molecule has 0 amide bonds. The number of halogens is 2. The van der Waals surface area contributed by atoms with E-state index < -0.39 is 24.0 Å². The molecule has 2 N–H and O–H groups in total. The van der Waals surface area contributed by atoms with E-state index in [4.69, 9.17) is 10.4 Å². The van der Waals surface area contributed by atoms with Crippen molar-refractivity contribution in [3.63, 3.8) is 0 Å². The maximum atomic E-state index is 12.0. The van der Waals surface area contributed by atoms with Crippen LogP contribution in [0.3, 0.4) is 0 Å². The number of nitrogens with zero attached hydrogens (tertiary/aromatic N) is 3. The highest BCUT2D eigenvalue weighted by Crippen LogP contribution is 2.18. The molecule has 0 aliphatic rings. The van der Waals surface area contributed by atoms with Crippen LogP contribution < -0.4 is 5.32 Å². The summed E-state index contributed by atoms with van der Waals surface area (Å²) in [4.78, 5) is 13.3. The largest absolute Gasteiger partial charge is 0.385 e. The van der Waals surface area contributed by atoms with Gasteiger partial charge in [0.15, 0.2) is 0 Å². The van der Waals surface area contributed by atoms with Gasteiger partial charge in [-0.25, -0.2) is 13.8 Å². The number of hydrogen-bond acceptors (Lipinski definition) is 6. The normalized spacial score (nSPS) is 11.9. The SMILES string of the molecule is N#Cc1cc([N+](=O)[O-])cnc1NCC(O)C(F)F. The summed E-state index contributed by atoms with van der Waals surface area (Å²) in [6, 6.07) is 2.61. The Labute approximate surface area is 99.8 Å². The number of hydrogen-bond donors (Lipinski definition) is 2. The number of aliphatic hydroxyl groups is 1. The molecule has 1 rings (SSSR count). The lowest BCUT2D eigenvalue weighted by molar-refractivity contribution is -0.385. The third-order valence-corrected chi connectivity index (χ3v) is 1.97. The highest BCUT2D eigenvalue weighted by atomic mass is 19.3. The third-order valence-electron chi connectivity index (χ3n) is 1.97. The van der Waals surface area contributed by atoms with Crippen LogP contribution in [0, 0.1) is 21.4 Å². The van der Waals surface area contributed by atoms with Gasteiger partial charge in [-0.2, -0.15) is 5.26 Å². The Hall–Kier alpha value is -2.34. The van der Waals surface area contributed by atoms with Crippen molar-refractivity contribution in [1.29, 1.82) is 5.26 Å². The zero-order valence-electron chi connectivity index (χ0n) is 8.88. The summed E-state index contributed by atoms with van der Waals surface area (Å²) in [5, 5.41) is 30.4. The average molecular weight is 258 g/mol. The molecule has 0 spiro atoms. The van der Waals surface area contributed by atoms with Gasteiger partial charge in [-0.05, 0) is 0 Å². The molecule has 1 heterocycles. The predicted octanol–water partition coefficient (Wildman–Crippen LogP) is 0.899. The van der Waals surface area contributed by atoms with E-state index in [0.29, 0.717) is 0 Å². The molecule has 0 bridgehead atoms. The molecule has 0 saturated carbocycles. The van der Waals surface area contributed by atoms with Gasteiger partial charge >= 0.3 is 0 Å². The Kier molecular flexibility index (Phi) is 4.45. The Morgan fingerprint density at radius 1 is 1.67 bits per heavy atom. The number of anilines is 1. The maximum Gasteiger partial charge on any atom is 0.289 e. The Bertz CT molecular complexity index is 489. The molecule has 0 fully saturated rings. The van der Waals surface area contributed by atoms with Gasteiger partial charge in [-0.1, -0.05) is 0 Å². The summed E-state index contributed by atoms with van der Waals surface area (Å²) in [7, 11) is 0.